The van der Waals surface area contributed by atoms with Crippen LogP contribution in [0, 0.1) is 0 Å². The number of halogens is 2. The van der Waals surface area contributed by atoms with Crippen LogP contribution < -0.4 is 10.1 Å². The molecule has 0 aliphatic heterocycles. The Morgan fingerprint density at radius 2 is 2.26 bits per heavy atom. The van der Waals surface area contributed by atoms with Gasteiger partial charge in [-0.3, -0.25) is 4.79 Å². The molecule has 124 valence electrons. The van der Waals surface area contributed by atoms with Crippen molar-refractivity contribution in [2.75, 3.05) is 20.3 Å². The number of nitrogens with zero attached hydrogens (tertiary/aromatic N) is 2. The normalized spacial score (nSPS) is 10.6. The van der Waals surface area contributed by atoms with Gasteiger partial charge in [0.15, 0.2) is 6.73 Å². The third kappa shape index (κ3) is 5.53. The van der Waals surface area contributed by atoms with Crippen LogP contribution in [-0.2, 0) is 11.5 Å². The molecule has 0 unspecified atom stereocenters. The highest BCUT2D eigenvalue weighted by atomic mass is 79.9. The van der Waals surface area contributed by atoms with Crippen molar-refractivity contribution in [2.45, 2.75) is 13.2 Å². The van der Waals surface area contributed by atoms with Gasteiger partial charge in [0.05, 0.1) is 5.02 Å². The molecule has 1 heterocycles. The SMILES string of the molecule is COCCCNC(=O)c1ccn(COc2ccc(Br)cc2Cl)n1. The topological polar surface area (TPSA) is 65.4 Å². The van der Waals surface area contributed by atoms with Crippen molar-refractivity contribution in [2.24, 2.45) is 0 Å². The van der Waals surface area contributed by atoms with Crippen molar-refractivity contribution in [3.63, 3.8) is 0 Å². The van der Waals surface area contributed by atoms with Gasteiger partial charge in [0, 0.05) is 30.9 Å². The van der Waals surface area contributed by atoms with Gasteiger partial charge in [-0.25, -0.2) is 4.68 Å². The molecule has 23 heavy (non-hydrogen) atoms. The molecule has 0 fully saturated rings. The van der Waals surface area contributed by atoms with Gasteiger partial charge in [0.1, 0.15) is 11.4 Å². The molecule has 1 N–H and O–H groups in total. The van der Waals surface area contributed by atoms with E-state index in [4.69, 9.17) is 21.1 Å². The molecule has 0 aliphatic carbocycles. The lowest BCUT2D eigenvalue weighted by molar-refractivity contribution is 0.0941. The van der Waals surface area contributed by atoms with Crippen LogP contribution in [0.4, 0.5) is 0 Å². The predicted octanol–water partition coefficient (Wildman–Crippen LogP) is 3.10. The number of carbonyl (C=O) groups excluding carboxylic acids is 1. The van der Waals surface area contributed by atoms with E-state index in [1.165, 1.54) is 4.68 Å². The van der Waals surface area contributed by atoms with E-state index in [-0.39, 0.29) is 12.6 Å². The first kappa shape index (κ1) is 17.8. The minimum absolute atomic E-state index is 0.165. The highest BCUT2D eigenvalue weighted by Gasteiger charge is 2.09. The predicted molar refractivity (Wildman–Crippen MR) is 90.8 cm³/mol. The number of amides is 1. The average Bonchev–Trinajstić information content (AvgIpc) is 2.99. The molecule has 1 aromatic heterocycles. The van der Waals surface area contributed by atoms with E-state index in [0.29, 0.717) is 29.6 Å². The molecule has 1 aromatic carbocycles. The number of aromatic nitrogens is 2. The van der Waals surface area contributed by atoms with Gasteiger partial charge in [-0.2, -0.15) is 5.10 Å². The first-order valence-corrected chi connectivity index (χ1v) is 8.15. The van der Waals surface area contributed by atoms with Crippen molar-refractivity contribution in [1.82, 2.24) is 15.1 Å². The lowest BCUT2D eigenvalue weighted by atomic mass is 10.3. The second-order valence-electron chi connectivity index (χ2n) is 4.69. The first-order valence-electron chi connectivity index (χ1n) is 6.98. The first-order chi connectivity index (χ1) is 11.1. The Kier molecular flexibility index (Phi) is 6.88. The fourth-order valence-corrected chi connectivity index (χ4v) is 2.52. The van der Waals surface area contributed by atoms with E-state index < -0.39 is 0 Å². The Morgan fingerprint density at radius 1 is 1.43 bits per heavy atom. The molecule has 1 amide bonds. The molecule has 0 spiro atoms. The maximum absolute atomic E-state index is 11.9. The van der Waals surface area contributed by atoms with E-state index in [2.05, 4.69) is 26.3 Å². The molecule has 2 rings (SSSR count). The standard InChI is InChI=1S/C15H17BrClN3O3/c1-22-8-2-6-18-15(21)13-5-7-20(19-13)10-23-14-4-3-11(16)9-12(14)17/h3-5,7,9H,2,6,8,10H2,1H3,(H,18,21). The molecular formula is C15H17BrClN3O3. The van der Waals surface area contributed by atoms with Crippen LogP contribution in [0.25, 0.3) is 0 Å². The molecule has 2 aromatic rings. The zero-order valence-electron chi connectivity index (χ0n) is 12.6. The van der Waals surface area contributed by atoms with Gasteiger partial charge < -0.3 is 14.8 Å². The number of ether oxygens (including phenoxy) is 2. The second-order valence-corrected chi connectivity index (χ2v) is 6.01. The smallest absolute Gasteiger partial charge is 0.271 e. The maximum Gasteiger partial charge on any atom is 0.271 e. The molecular weight excluding hydrogens is 386 g/mol. The largest absolute Gasteiger partial charge is 0.470 e. The summed E-state index contributed by atoms with van der Waals surface area (Å²) < 4.78 is 12.9. The quantitative estimate of drug-likeness (QED) is 0.689. The third-order valence-corrected chi connectivity index (χ3v) is 3.72. The van der Waals surface area contributed by atoms with Crippen molar-refractivity contribution in [3.8, 4) is 5.75 Å². The fourth-order valence-electron chi connectivity index (χ4n) is 1.79. The van der Waals surface area contributed by atoms with Crippen molar-refractivity contribution in [1.29, 1.82) is 0 Å². The van der Waals surface area contributed by atoms with Gasteiger partial charge in [-0.15, -0.1) is 0 Å². The lowest BCUT2D eigenvalue weighted by Crippen LogP contribution is -2.25. The number of rotatable bonds is 8. The summed E-state index contributed by atoms with van der Waals surface area (Å²) >= 11 is 9.41. The van der Waals surface area contributed by atoms with Gasteiger partial charge in [-0.05, 0) is 30.7 Å². The van der Waals surface area contributed by atoms with Crippen LogP contribution in [0.5, 0.6) is 5.75 Å². The Balaban J connectivity index is 1.85. The fraction of sp³-hybridized carbons (Fsp3) is 0.333. The summed E-state index contributed by atoms with van der Waals surface area (Å²) in [6.45, 7) is 1.32. The van der Waals surface area contributed by atoms with Crippen LogP contribution in [0.15, 0.2) is 34.9 Å². The van der Waals surface area contributed by atoms with Gasteiger partial charge in [0.25, 0.3) is 5.91 Å². The number of benzene rings is 1. The Labute approximate surface area is 147 Å². The van der Waals surface area contributed by atoms with E-state index >= 15 is 0 Å². The molecule has 0 radical (unpaired) electrons. The minimum Gasteiger partial charge on any atom is -0.470 e. The number of carbonyl (C=O) groups is 1. The minimum atomic E-state index is -0.221. The summed E-state index contributed by atoms with van der Waals surface area (Å²) in [5.41, 5.74) is 0.341. The molecule has 0 saturated carbocycles. The summed E-state index contributed by atoms with van der Waals surface area (Å²) in [5.74, 6) is 0.331. The number of methoxy groups -OCH3 is 1. The van der Waals surface area contributed by atoms with Crippen LogP contribution in [0.3, 0.4) is 0 Å². The summed E-state index contributed by atoms with van der Waals surface area (Å²) in [6.07, 6.45) is 2.44. The molecule has 0 atom stereocenters. The Bertz CT molecular complexity index is 663. The van der Waals surface area contributed by atoms with E-state index in [1.807, 2.05) is 6.07 Å². The maximum atomic E-state index is 11.9. The third-order valence-electron chi connectivity index (χ3n) is 2.93. The highest BCUT2D eigenvalue weighted by molar-refractivity contribution is 9.10. The lowest BCUT2D eigenvalue weighted by Gasteiger charge is -2.08. The molecule has 6 nitrogen and oxygen atoms in total. The van der Waals surface area contributed by atoms with Crippen LogP contribution in [0.2, 0.25) is 5.02 Å². The summed E-state index contributed by atoms with van der Waals surface area (Å²) in [6, 6.07) is 6.99. The monoisotopic (exact) mass is 401 g/mol. The molecule has 0 bridgehead atoms. The van der Waals surface area contributed by atoms with E-state index in [9.17, 15) is 4.79 Å². The van der Waals surface area contributed by atoms with Crippen LogP contribution >= 0.6 is 27.5 Å². The van der Waals surface area contributed by atoms with Crippen molar-refractivity contribution < 1.29 is 14.3 Å². The average molecular weight is 403 g/mol. The summed E-state index contributed by atoms with van der Waals surface area (Å²) in [4.78, 5) is 11.9. The van der Waals surface area contributed by atoms with Crippen molar-refractivity contribution in [3.05, 3.63) is 45.7 Å². The number of hydrogen-bond acceptors (Lipinski definition) is 4. The van der Waals surface area contributed by atoms with Gasteiger partial charge >= 0.3 is 0 Å². The van der Waals surface area contributed by atoms with E-state index in [1.54, 1.807) is 31.5 Å². The molecule has 0 saturated heterocycles. The second kappa shape index (κ2) is 8.90. The Morgan fingerprint density at radius 3 is 3.00 bits per heavy atom. The number of hydrogen-bond donors (Lipinski definition) is 1. The summed E-state index contributed by atoms with van der Waals surface area (Å²) in [7, 11) is 1.63. The Hall–Kier alpha value is -1.57. The van der Waals surface area contributed by atoms with Crippen molar-refractivity contribution >= 4 is 33.4 Å². The molecule has 0 aliphatic rings. The molecule has 8 heteroatoms. The zero-order valence-corrected chi connectivity index (χ0v) is 14.9. The summed E-state index contributed by atoms with van der Waals surface area (Å²) in [5, 5.41) is 7.44. The van der Waals surface area contributed by atoms with Gasteiger partial charge in [-0.1, -0.05) is 27.5 Å². The highest BCUT2D eigenvalue weighted by Crippen LogP contribution is 2.27. The zero-order chi connectivity index (χ0) is 16.7. The van der Waals surface area contributed by atoms with Crippen LogP contribution in [-0.4, -0.2) is 35.9 Å². The van der Waals surface area contributed by atoms with Gasteiger partial charge in [0.2, 0.25) is 0 Å². The number of nitrogens with one attached hydrogen (secondary N) is 1. The van der Waals surface area contributed by atoms with E-state index in [0.717, 1.165) is 10.9 Å². The van der Waals surface area contributed by atoms with Crippen LogP contribution in [0.1, 0.15) is 16.9 Å².